The topological polar surface area (TPSA) is 71.8 Å². The van der Waals surface area contributed by atoms with Gasteiger partial charge in [0, 0.05) is 24.8 Å². The van der Waals surface area contributed by atoms with Crippen LogP contribution in [0.3, 0.4) is 0 Å². The minimum absolute atomic E-state index is 0.188. The maximum atomic E-state index is 12.2. The minimum Gasteiger partial charge on any atom is -0.370 e. The zero-order valence-corrected chi connectivity index (χ0v) is 12.6. The van der Waals surface area contributed by atoms with Gasteiger partial charge in [0.15, 0.2) is 0 Å². The van der Waals surface area contributed by atoms with Crippen LogP contribution in [0.15, 0.2) is 30.6 Å². The van der Waals surface area contributed by atoms with Gasteiger partial charge in [-0.3, -0.25) is 4.79 Å². The molecular formula is C15H21N5O. The molecule has 21 heavy (non-hydrogen) atoms. The van der Waals surface area contributed by atoms with Gasteiger partial charge < -0.3 is 10.6 Å². The van der Waals surface area contributed by atoms with E-state index >= 15 is 0 Å². The van der Waals surface area contributed by atoms with Gasteiger partial charge in [0.2, 0.25) is 0 Å². The van der Waals surface area contributed by atoms with Gasteiger partial charge in [-0.15, -0.1) is 0 Å². The third-order valence-corrected chi connectivity index (χ3v) is 2.98. The molecule has 0 radical (unpaired) electrons. The molecule has 0 saturated heterocycles. The molecule has 2 aromatic rings. The highest BCUT2D eigenvalue weighted by Gasteiger charge is 2.11. The Morgan fingerprint density at radius 3 is 2.76 bits per heavy atom. The van der Waals surface area contributed by atoms with Crippen LogP contribution in [0.2, 0.25) is 0 Å². The van der Waals surface area contributed by atoms with Crippen LogP contribution in [0.1, 0.15) is 43.6 Å². The number of carbonyl (C=O) groups excluding carboxylic acids is 1. The van der Waals surface area contributed by atoms with E-state index in [1.165, 1.54) is 0 Å². The zero-order valence-electron chi connectivity index (χ0n) is 12.6. The summed E-state index contributed by atoms with van der Waals surface area (Å²) >= 11 is 0. The van der Waals surface area contributed by atoms with Crippen molar-refractivity contribution in [3.05, 3.63) is 36.2 Å². The summed E-state index contributed by atoms with van der Waals surface area (Å²) in [5.74, 6) is 1.27. The summed E-state index contributed by atoms with van der Waals surface area (Å²) in [7, 11) is 0. The van der Waals surface area contributed by atoms with Gasteiger partial charge >= 0.3 is 0 Å². The molecule has 0 saturated carbocycles. The van der Waals surface area contributed by atoms with Crippen LogP contribution in [0.4, 0.5) is 11.6 Å². The number of hydrogen-bond donors (Lipinski definition) is 2. The van der Waals surface area contributed by atoms with Crippen LogP contribution >= 0.6 is 0 Å². The Labute approximate surface area is 124 Å². The standard InChI is InChI=1S/C15H21N5O/c1-4-8-16-13-6-5-12(10-17-13)15(21)19-14-7-9-18-20(14)11(2)3/h5-7,9-11H,4,8H2,1-3H3,(H,16,17)(H,19,21). The Morgan fingerprint density at radius 2 is 2.14 bits per heavy atom. The van der Waals surface area contributed by atoms with Crippen molar-refractivity contribution in [2.75, 3.05) is 17.2 Å². The van der Waals surface area contributed by atoms with Gasteiger partial charge in [0.25, 0.3) is 5.91 Å². The second-order valence-electron chi connectivity index (χ2n) is 5.07. The van der Waals surface area contributed by atoms with E-state index in [0.29, 0.717) is 11.4 Å². The second-order valence-corrected chi connectivity index (χ2v) is 5.07. The molecule has 2 rings (SSSR count). The maximum Gasteiger partial charge on any atom is 0.258 e. The predicted molar refractivity (Wildman–Crippen MR) is 83.6 cm³/mol. The number of pyridine rings is 1. The fraction of sp³-hybridized carbons (Fsp3) is 0.400. The second kappa shape index (κ2) is 6.88. The third-order valence-electron chi connectivity index (χ3n) is 2.98. The van der Waals surface area contributed by atoms with E-state index in [1.54, 1.807) is 29.2 Å². The molecule has 0 atom stereocenters. The van der Waals surface area contributed by atoms with Gasteiger partial charge in [0.05, 0.1) is 11.8 Å². The molecule has 6 heteroatoms. The van der Waals surface area contributed by atoms with Crippen molar-refractivity contribution in [2.24, 2.45) is 0 Å². The van der Waals surface area contributed by atoms with Crippen molar-refractivity contribution in [3.8, 4) is 0 Å². The first-order chi connectivity index (χ1) is 10.1. The summed E-state index contributed by atoms with van der Waals surface area (Å²) < 4.78 is 1.77. The van der Waals surface area contributed by atoms with Crippen molar-refractivity contribution in [3.63, 3.8) is 0 Å². The fourth-order valence-electron chi connectivity index (χ4n) is 1.90. The number of aromatic nitrogens is 3. The van der Waals surface area contributed by atoms with Crippen molar-refractivity contribution < 1.29 is 4.79 Å². The Morgan fingerprint density at radius 1 is 1.33 bits per heavy atom. The molecule has 0 fully saturated rings. The molecule has 2 aromatic heterocycles. The average Bonchev–Trinajstić information content (AvgIpc) is 2.94. The first-order valence-electron chi connectivity index (χ1n) is 7.16. The van der Waals surface area contributed by atoms with E-state index in [4.69, 9.17) is 0 Å². The lowest BCUT2D eigenvalue weighted by Crippen LogP contribution is -2.17. The average molecular weight is 287 g/mol. The smallest absolute Gasteiger partial charge is 0.258 e. The van der Waals surface area contributed by atoms with Gasteiger partial charge in [-0.05, 0) is 32.4 Å². The van der Waals surface area contributed by atoms with Crippen molar-refractivity contribution in [1.29, 1.82) is 0 Å². The highest BCUT2D eigenvalue weighted by atomic mass is 16.1. The molecule has 0 aromatic carbocycles. The SMILES string of the molecule is CCCNc1ccc(C(=O)Nc2ccnn2C(C)C)cn1. The van der Waals surface area contributed by atoms with Crippen LogP contribution in [0.25, 0.3) is 0 Å². The first-order valence-corrected chi connectivity index (χ1v) is 7.16. The molecule has 0 bridgehead atoms. The monoisotopic (exact) mass is 287 g/mol. The van der Waals surface area contributed by atoms with Crippen molar-refractivity contribution >= 4 is 17.5 Å². The molecule has 0 aliphatic heterocycles. The molecule has 6 nitrogen and oxygen atoms in total. The quantitative estimate of drug-likeness (QED) is 0.857. The number of nitrogens with one attached hydrogen (secondary N) is 2. The number of rotatable bonds is 6. The fourth-order valence-corrected chi connectivity index (χ4v) is 1.90. The van der Waals surface area contributed by atoms with Crippen LogP contribution in [0, 0.1) is 0 Å². The third kappa shape index (κ3) is 3.81. The van der Waals surface area contributed by atoms with E-state index in [0.717, 1.165) is 18.8 Å². The summed E-state index contributed by atoms with van der Waals surface area (Å²) in [6.07, 6.45) is 4.28. The van der Waals surface area contributed by atoms with E-state index in [-0.39, 0.29) is 11.9 Å². The van der Waals surface area contributed by atoms with Crippen molar-refractivity contribution in [2.45, 2.75) is 33.2 Å². The van der Waals surface area contributed by atoms with Gasteiger partial charge in [-0.2, -0.15) is 5.10 Å². The number of hydrogen-bond acceptors (Lipinski definition) is 4. The molecule has 1 amide bonds. The Kier molecular flexibility index (Phi) is 4.92. The lowest BCUT2D eigenvalue weighted by atomic mass is 10.2. The van der Waals surface area contributed by atoms with Crippen LogP contribution in [0.5, 0.6) is 0 Å². The van der Waals surface area contributed by atoms with Crippen LogP contribution in [-0.4, -0.2) is 27.2 Å². The molecule has 2 heterocycles. The van der Waals surface area contributed by atoms with Gasteiger partial charge in [-0.25, -0.2) is 9.67 Å². The summed E-state index contributed by atoms with van der Waals surface area (Å²) in [5, 5.41) is 10.2. The summed E-state index contributed by atoms with van der Waals surface area (Å²) in [6.45, 7) is 6.98. The maximum absolute atomic E-state index is 12.2. The van der Waals surface area contributed by atoms with Crippen molar-refractivity contribution in [1.82, 2.24) is 14.8 Å². The van der Waals surface area contributed by atoms with Gasteiger partial charge in [0.1, 0.15) is 11.6 Å². The van der Waals surface area contributed by atoms with Crippen LogP contribution in [-0.2, 0) is 0 Å². The molecular weight excluding hydrogens is 266 g/mol. The summed E-state index contributed by atoms with van der Waals surface area (Å²) in [4.78, 5) is 16.4. The largest absolute Gasteiger partial charge is 0.370 e. The Hall–Kier alpha value is -2.37. The zero-order chi connectivity index (χ0) is 15.2. The van der Waals surface area contributed by atoms with E-state index in [2.05, 4.69) is 27.6 Å². The predicted octanol–water partition coefficient (Wildman–Crippen LogP) is 2.93. The van der Waals surface area contributed by atoms with E-state index in [1.807, 2.05) is 19.9 Å². The van der Waals surface area contributed by atoms with E-state index < -0.39 is 0 Å². The normalized spacial score (nSPS) is 10.7. The summed E-state index contributed by atoms with van der Waals surface area (Å²) in [6, 6.07) is 5.54. The number of anilines is 2. The highest BCUT2D eigenvalue weighted by molar-refractivity contribution is 6.03. The number of nitrogens with zero attached hydrogens (tertiary/aromatic N) is 3. The minimum atomic E-state index is -0.188. The first kappa shape index (κ1) is 15.0. The molecule has 0 aliphatic rings. The summed E-state index contributed by atoms with van der Waals surface area (Å²) in [5.41, 5.74) is 0.522. The highest BCUT2D eigenvalue weighted by Crippen LogP contribution is 2.14. The Bertz CT molecular complexity index is 588. The number of carbonyl (C=O) groups is 1. The molecule has 2 N–H and O–H groups in total. The van der Waals surface area contributed by atoms with E-state index in [9.17, 15) is 4.79 Å². The molecule has 0 spiro atoms. The molecule has 112 valence electrons. The lowest BCUT2D eigenvalue weighted by molar-refractivity contribution is 0.102. The Balaban J connectivity index is 2.04. The molecule has 0 aliphatic carbocycles. The molecule has 0 unspecified atom stereocenters. The van der Waals surface area contributed by atoms with Crippen LogP contribution < -0.4 is 10.6 Å². The number of amides is 1. The lowest BCUT2D eigenvalue weighted by Gasteiger charge is -2.11. The van der Waals surface area contributed by atoms with Gasteiger partial charge in [-0.1, -0.05) is 6.92 Å².